The van der Waals surface area contributed by atoms with E-state index in [9.17, 15) is 27.2 Å². The average molecular weight is 476 g/mol. The van der Waals surface area contributed by atoms with Gasteiger partial charge >= 0.3 is 6.18 Å². The quantitative estimate of drug-likeness (QED) is 0.528. The monoisotopic (exact) mass is 476 g/mol. The Bertz CT molecular complexity index is 1210. The van der Waals surface area contributed by atoms with E-state index in [0.717, 1.165) is 0 Å². The Morgan fingerprint density at radius 3 is 2.59 bits per heavy atom. The molecule has 11 heteroatoms. The van der Waals surface area contributed by atoms with Crippen LogP contribution in [0.25, 0.3) is 16.9 Å². The van der Waals surface area contributed by atoms with Crippen molar-refractivity contribution in [3.8, 4) is 22.7 Å². The second-order valence-corrected chi connectivity index (χ2v) is 7.86. The lowest BCUT2D eigenvalue weighted by Gasteiger charge is -2.11. The van der Waals surface area contributed by atoms with E-state index in [1.165, 1.54) is 47.1 Å². The zero-order valence-corrected chi connectivity index (χ0v) is 17.9. The number of benzene rings is 2. The Kier molecular flexibility index (Phi) is 6.27. The van der Waals surface area contributed by atoms with Crippen molar-refractivity contribution in [2.45, 2.75) is 13.1 Å². The second kappa shape index (κ2) is 9.16. The number of rotatable bonds is 6. The van der Waals surface area contributed by atoms with E-state index >= 15 is 0 Å². The number of anilines is 1. The van der Waals surface area contributed by atoms with Crippen LogP contribution in [0.15, 0.2) is 54.6 Å². The van der Waals surface area contributed by atoms with Gasteiger partial charge in [0, 0.05) is 24.1 Å². The summed E-state index contributed by atoms with van der Waals surface area (Å²) >= 11 is 0. The molecule has 34 heavy (non-hydrogen) atoms. The molecule has 2 N–H and O–H groups in total. The van der Waals surface area contributed by atoms with Gasteiger partial charge in [0.1, 0.15) is 11.6 Å². The Balaban J connectivity index is 1.67. The van der Waals surface area contributed by atoms with E-state index in [1.807, 2.05) is 0 Å². The van der Waals surface area contributed by atoms with Gasteiger partial charge in [0.2, 0.25) is 11.8 Å². The number of aromatic nitrogens is 2. The number of hydrogen-bond acceptors (Lipinski definition) is 4. The average Bonchev–Trinajstić information content (AvgIpc) is 3.36. The molecule has 1 aliphatic rings. The highest BCUT2D eigenvalue weighted by molar-refractivity contribution is 5.98. The third-order valence-corrected chi connectivity index (χ3v) is 5.41. The van der Waals surface area contributed by atoms with Crippen molar-refractivity contribution in [2.24, 2.45) is 11.8 Å². The first-order valence-corrected chi connectivity index (χ1v) is 10.4. The highest BCUT2D eigenvalue weighted by atomic mass is 19.4. The van der Waals surface area contributed by atoms with Crippen molar-refractivity contribution in [2.75, 3.05) is 18.5 Å². The fourth-order valence-corrected chi connectivity index (χ4v) is 3.61. The van der Waals surface area contributed by atoms with Crippen LogP contribution in [-0.2, 0) is 9.59 Å². The molecule has 2 aromatic carbocycles. The highest BCUT2D eigenvalue weighted by Crippen LogP contribution is 2.30. The van der Waals surface area contributed by atoms with Crippen LogP contribution in [0.4, 0.5) is 23.4 Å². The Hall–Kier alpha value is -3.89. The number of hydrogen-bond donors (Lipinski definition) is 2. The van der Waals surface area contributed by atoms with Gasteiger partial charge in [0.05, 0.1) is 17.3 Å². The molecule has 0 radical (unpaired) electrons. The summed E-state index contributed by atoms with van der Waals surface area (Å²) < 4.78 is 57.4. The molecule has 0 aliphatic carbocycles. The number of halogens is 4. The third kappa shape index (κ3) is 5.19. The summed E-state index contributed by atoms with van der Waals surface area (Å²) in [5.74, 6) is -1.99. The van der Waals surface area contributed by atoms with Crippen LogP contribution >= 0.6 is 0 Å². The lowest BCUT2D eigenvalue weighted by molar-refractivity contribution is -0.153. The molecule has 2 atom stereocenters. The predicted molar refractivity (Wildman–Crippen MR) is 115 cm³/mol. The Morgan fingerprint density at radius 2 is 1.94 bits per heavy atom. The number of carbonyl (C=O) groups is 2. The van der Waals surface area contributed by atoms with Crippen molar-refractivity contribution in [3.05, 3.63) is 60.4 Å². The first-order valence-electron chi connectivity index (χ1n) is 10.4. The van der Waals surface area contributed by atoms with Crippen molar-refractivity contribution < 1.29 is 31.9 Å². The summed E-state index contributed by atoms with van der Waals surface area (Å²) in [4.78, 5) is 24.4. The van der Waals surface area contributed by atoms with Gasteiger partial charge in [0.15, 0.2) is 12.4 Å². The van der Waals surface area contributed by atoms with E-state index in [4.69, 9.17) is 4.74 Å². The zero-order valence-electron chi connectivity index (χ0n) is 17.9. The molecule has 1 saturated heterocycles. The number of ether oxygens (including phenoxy) is 1. The van der Waals surface area contributed by atoms with E-state index in [2.05, 4.69) is 15.7 Å². The number of amides is 2. The van der Waals surface area contributed by atoms with E-state index in [1.54, 1.807) is 19.1 Å². The molecule has 7 nitrogen and oxygen atoms in total. The minimum Gasteiger partial charge on any atom is -0.484 e. The van der Waals surface area contributed by atoms with Crippen LogP contribution in [0.1, 0.15) is 6.92 Å². The van der Waals surface area contributed by atoms with Crippen molar-refractivity contribution >= 4 is 17.6 Å². The van der Waals surface area contributed by atoms with Crippen molar-refractivity contribution in [1.82, 2.24) is 15.1 Å². The number of carbonyl (C=O) groups excluding carboxylic acids is 2. The van der Waals surface area contributed by atoms with Gasteiger partial charge in [-0.05, 0) is 36.4 Å². The zero-order chi connectivity index (χ0) is 24.5. The van der Waals surface area contributed by atoms with Gasteiger partial charge in [0.25, 0.3) is 0 Å². The number of alkyl halides is 3. The largest absolute Gasteiger partial charge is 0.484 e. The smallest absolute Gasteiger partial charge is 0.422 e. The molecular formula is C23H20F4N4O3. The van der Waals surface area contributed by atoms with Crippen LogP contribution in [0.3, 0.4) is 0 Å². The first kappa shape index (κ1) is 23.3. The molecule has 1 aromatic heterocycles. The van der Waals surface area contributed by atoms with Gasteiger partial charge in [-0.1, -0.05) is 19.1 Å². The lowest BCUT2D eigenvalue weighted by atomic mass is 9.97. The summed E-state index contributed by atoms with van der Waals surface area (Å²) in [6.07, 6.45) is -4.49. The highest BCUT2D eigenvalue weighted by Gasteiger charge is 2.36. The molecule has 2 heterocycles. The summed E-state index contributed by atoms with van der Waals surface area (Å²) in [6, 6.07) is 12.9. The lowest BCUT2D eigenvalue weighted by Crippen LogP contribution is -2.28. The summed E-state index contributed by atoms with van der Waals surface area (Å²) in [7, 11) is 0. The fourth-order valence-electron chi connectivity index (χ4n) is 3.61. The van der Waals surface area contributed by atoms with Crippen LogP contribution in [0.2, 0.25) is 0 Å². The molecule has 1 fully saturated rings. The van der Waals surface area contributed by atoms with Gasteiger partial charge in [-0.2, -0.15) is 13.2 Å². The van der Waals surface area contributed by atoms with Crippen LogP contribution in [-0.4, -0.2) is 40.9 Å². The predicted octanol–water partition coefficient (Wildman–Crippen LogP) is 3.94. The molecule has 2 amide bonds. The van der Waals surface area contributed by atoms with Crippen LogP contribution < -0.4 is 15.4 Å². The van der Waals surface area contributed by atoms with Crippen LogP contribution in [0.5, 0.6) is 5.75 Å². The molecule has 0 unspecified atom stereocenters. The normalized spacial score (nSPS) is 18.0. The van der Waals surface area contributed by atoms with Gasteiger partial charge < -0.3 is 15.4 Å². The molecule has 4 rings (SSSR count). The van der Waals surface area contributed by atoms with E-state index < -0.39 is 36.3 Å². The second-order valence-electron chi connectivity index (χ2n) is 7.86. The van der Waals surface area contributed by atoms with Crippen LogP contribution in [0, 0.1) is 17.7 Å². The first-order chi connectivity index (χ1) is 16.1. The van der Waals surface area contributed by atoms with Gasteiger partial charge in [-0.25, -0.2) is 9.07 Å². The fraction of sp³-hybridized carbons (Fsp3) is 0.261. The molecule has 3 aromatic rings. The Morgan fingerprint density at radius 1 is 1.21 bits per heavy atom. The van der Waals surface area contributed by atoms with Crippen molar-refractivity contribution in [3.63, 3.8) is 0 Å². The molecule has 0 bridgehead atoms. The van der Waals surface area contributed by atoms with E-state index in [0.29, 0.717) is 16.9 Å². The van der Waals surface area contributed by atoms with Crippen molar-refractivity contribution in [1.29, 1.82) is 0 Å². The number of nitrogens with zero attached hydrogens (tertiary/aromatic N) is 2. The topological polar surface area (TPSA) is 85.3 Å². The third-order valence-electron chi connectivity index (χ3n) is 5.41. The molecular weight excluding hydrogens is 456 g/mol. The van der Waals surface area contributed by atoms with Gasteiger partial charge in [-0.15, -0.1) is 5.10 Å². The van der Waals surface area contributed by atoms with Gasteiger partial charge in [-0.3, -0.25) is 9.59 Å². The molecule has 0 saturated carbocycles. The molecule has 1 aliphatic heterocycles. The van der Waals surface area contributed by atoms with E-state index in [-0.39, 0.29) is 24.0 Å². The standard InChI is InChI=1S/C23H20F4N4O3/c1-13-18(11-28-21(13)32)22(33)29-20-10-19(31(30-20)16-7-5-15(24)6-8-16)14-3-2-4-17(9-14)34-12-23(25,26)27/h2-10,13,18H,11-12H2,1H3,(H,28,32)(H,29,30,33)/t13-,18+/m1/s1. The minimum absolute atomic E-state index is 0.00312. The number of nitrogens with one attached hydrogen (secondary N) is 2. The minimum atomic E-state index is -4.49. The Labute approximate surface area is 191 Å². The summed E-state index contributed by atoms with van der Waals surface area (Å²) in [5.41, 5.74) is 1.35. The molecule has 178 valence electrons. The maximum atomic E-state index is 13.4. The SMILES string of the molecule is C[C@H]1C(=O)NC[C@@H]1C(=O)Nc1cc(-c2cccc(OCC(F)(F)F)c2)n(-c2ccc(F)cc2)n1. The molecule has 0 spiro atoms. The maximum absolute atomic E-state index is 13.4. The summed E-state index contributed by atoms with van der Waals surface area (Å²) in [5, 5.41) is 9.72. The maximum Gasteiger partial charge on any atom is 0.422 e. The summed E-state index contributed by atoms with van der Waals surface area (Å²) in [6.45, 7) is 0.416.